The van der Waals surface area contributed by atoms with Crippen LogP contribution >= 0.6 is 0 Å². The van der Waals surface area contributed by atoms with Crippen LogP contribution in [0.2, 0.25) is 0 Å². The van der Waals surface area contributed by atoms with Crippen LogP contribution < -0.4 is 10.5 Å². The highest BCUT2D eigenvalue weighted by atomic mass is 32.2. The van der Waals surface area contributed by atoms with Gasteiger partial charge in [0.15, 0.2) is 0 Å². The summed E-state index contributed by atoms with van der Waals surface area (Å²) in [6.07, 6.45) is 2.89. The van der Waals surface area contributed by atoms with Gasteiger partial charge >= 0.3 is 0 Å². The van der Waals surface area contributed by atoms with E-state index in [0.717, 1.165) is 18.2 Å². The van der Waals surface area contributed by atoms with Crippen LogP contribution in [0, 0.1) is 5.82 Å². The molecule has 3 N–H and O–H groups in total. The van der Waals surface area contributed by atoms with Crippen LogP contribution in [-0.4, -0.2) is 29.1 Å². The van der Waals surface area contributed by atoms with Crippen LogP contribution in [0.3, 0.4) is 0 Å². The average Bonchev–Trinajstić information content (AvgIpc) is 3.13. The average molecular weight is 375 g/mol. The van der Waals surface area contributed by atoms with E-state index >= 15 is 0 Å². The zero-order valence-electron chi connectivity index (χ0n) is 13.3. The molecule has 134 valence electrons. The van der Waals surface area contributed by atoms with Gasteiger partial charge in [-0.15, -0.1) is 0 Å². The minimum Gasteiger partial charge on any atom is -0.348 e. The standard InChI is InChI=1S/C16H14FN5O3S/c17-14-6-5-12(26(18,24)25)7-13(14)16(23)20-8-11-3-1-2-4-15(11)22-10-19-9-21-22/h1-7,9-10H,8H2,(H,20,23)(H2,18,24,25). The zero-order valence-corrected chi connectivity index (χ0v) is 14.1. The second-order valence-electron chi connectivity index (χ2n) is 5.34. The topological polar surface area (TPSA) is 120 Å². The number of aromatic nitrogens is 3. The maximum Gasteiger partial charge on any atom is 0.254 e. The number of nitrogens with two attached hydrogens (primary N) is 1. The van der Waals surface area contributed by atoms with Crippen molar-refractivity contribution in [2.45, 2.75) is 11.4 Å². The lowest BCUT2D eigenvalue weighted by Crippen LogP contribution is -2.25. The number of hydrogen-bond acceptors (Lipinski definition) is 5. The van der Waals surface area contributed by atoms with Gasteiger partial charge in [-0.05, 0) is 29.8 Å². The molecule has 0 aliphatic rings. The first kappa shape index (κ1) is 17.7. The number of hydrogen-bond donors (Lipinski definition) is 2. The molecule has 3 aromatic rings. The van der Waals surface area contributed by atoms with Gasteiger partial charge in [0.1, 0.15) is 18.5 Å². The summed E-state index contributed by atoms with van der Waals surface area (Å²) in [5, 5.41) is 11.6. The number of carbonyl (C=O) groups is 1. The first-order valence-corrected chi connectivity index (χ1v) is 8.94. The molecule has 0 unspecified atom stereocenters. The van der Waals surface area contributed by atoms with Crippen LogP contribution in [0.4, 0.5) is 4.39 Å². The summed E-state index contributed by atoms with van der Waals surface area (Å²) in [5.74, 6) is -1.61. The summed E-state index contributed by atoms with van der Waals surface area (Å²) in [7, 11) is -4.04. The van der Waals surface area contributed by atoms with Crippen LogP contribution in [-0.2, 0) is 16.6 Å². The Morgan fingerprint density at radius 1 is 1.23 bits per heavy atom. The summed E-state index contributed by atoms with van der Waals surface area (Å²) < 4.78 is 38.2. The van der Waals surface area contributed by atoms with Crippen LogP contribution in [0.5, 0.6) is 0 Å². The fourth-order valence-corrected chi connectivity index (χ4v) is 2.88. The molecule has 3 rings (SSSR count). The second-order valence-corrected chi connectivity index (χ2v) is 6.90. The van der Waals surface area contributed by atoms with E-state index in [1.54, 1.807) is 24.3 Å². The maximum atomic E-state index is 13.9. The monoisotopic (exact) mass is 375 g/mol. The van der Waals surface area contributed by atoms with Gasteiger partial charge in [0.05, 0.1) is 16.1 Å². The lowest BCUT2D eigenvalue weighted by atomic mass is 10.1. The third kappa shape index (κ3) is 3.76. The highest BCUT2D eigenvalue weighted by Gasteiger charge is 2.17. The lowest BCUT2D eigenvalue weighted by molar-refractivity contribution is 0.0946. The van der Waals surface area contributed by atoms with Gasteiger partial charge in [0, 0.05) is 6.54 Å². The van der Waals surface area contributed by atoms with Crippen molar-refractivity contribution in [2.75, 3.05) is 0 Å². The predicted molar refractivity (Wildman–Crippen MR) is 90.3 cm³/mol. The highest BCUT2D eigenvalue weighted by Crippen LogP contribution is 2.16. The van der Waals surface area contributed by atoms with Gasteiger partial charge in [0.25, 0.3) is 5.91 Å². The summed E-state index contributed by atoms with van der Waals surface area (Å²) >= 11 is 0. The molecule has 0 radical (unpaired) electrons. The second kappa shape index (κ2) is 7.02. The smallest absolute Gasteiger partial charge is 0.254 e. The fourth-order valence-electron chi connectivity index (χ4n) is 2.34. The van der Waals surface area contributed by atoms with E-state index in [9.17, 15) is 17.6 Å². The van der Waals surface area contributed by atoms with Gasteiger partial charge in [-0.1, -0.05) is 18.2 Å². The molecule has 8 nitrogen and oxygen atoms in total. The number of para-hydroxylation sites is 1. The number of nitrogens with zero attached hydrogens (tertiary/aromatic N) is 3. The van der Waals surface area contributed by atoms with E-state index in [0.29, 0.717) is 11.3 Å². The number of benzene rings is 2. The largest absolute Gasteiger partial charge is 0.348 e. The SMILES string of the molecule is NS(=O)(=O)c1ccc(F)c(C(=O)NCc2ccccc2-n2cncn2)c1. The van der Waals surface area contributed by atoms with E-state index < -0.39 is 27.3 Å². The van der Waals surface area contributed by atoms with E-state index in [1.165, 1.54) is 17.3 Å². The molecule has 0 fully saturated rings. The number of halogens is 1. The molecule has 1 aromatic heterocycles. The van der Waals surface area contributed by atoms with Gasteiger partial charge in [-0.3, -0.25) is 4.79 Å². The predicted octanol–water partition coefficient (Wildman–Crippen LogP) is 0.984. The molecule has 0 bridgehead atoms. The Balaban J connectivity index is 1.83. The molecule has 10 heteroatoms. The Kier molecular flexibility index (Phi) is 4.78. The number of sulfonamides is 1. The molecule has 0 atom stereocenters. The van der Waals surface area contributed by atoms with E-state index in [4.69, 9.17) is 5.14 Å². The van der Waals surface area contributed by atoms with E-state index in [-0.39, 0.29) is 11.4 Å². The quantitative estimate of drug-likeness (QED) is 0.689. The summed E-state index contributed by atoms with van der Waals surface area (Å²) in [6.45, 7) is 0.0773. The molecular formula is C16H14FN5O3S. The molecule has 2 aromatic carbocycles. The molecule has 0 saturated carbocycles. The number of amides is 1. The minimum absolute atomic E-state index is 0.0773. The molecule has 0 saturated heterocycles. The van der Waals surface area contributed by atoms with E-state index in [1.807, 2.05) is 0 Å². The Morgan fingerprint density at radius 2 is 2.00 bits per heavy atom. The summed E-state index contributed by atoms with van der Waals surface area (Å²) in [4.78, 5) is 15.8. The Hall–Kier alpha value is -3.11. The number of carbonyl (C=O) groups excluding carboxylic acids is 1. The summed E-state index contributed by atoms with van der Waals surface area (Å²) in [5.41, 5.74) is 1.01. The van der Waals surface area contributed by atoms with Crippen LogP contribution in [0.15, 0.2) is 60.0 Å². The zero-order chi connectivity index (χ0) is 18.7. The van der Waals surface area contributed by atoms with Crippen molar-refractivity contribution in [3.8, 4) is 5.69 Å². The van der Waals surface area contributed by atoms with Crippen LogP contribution in [0.25, 0.3) is 5.69 Å². The Morgan fingerprint density at radius 3 is 2.69 bits per heavy atom. The third-order valence-corrected chi connectivity index (χ3v) is 4.52. The van der Waals surface area contributed by atoms with E-state index in [2.05, 4.69) is 15.4 Å². The van der Waals surface area contributed by atoms with Crippen LogP contribution in [0.1, 0.15) is 15.9 Å². The number of primary sulfonamides is 1. The van der Waals surface area contributed by atoms with Gasteiger partial charge in [-0.25, -0.2) is 27.6 Å². The normalized spacial score (nSPS) is 11.3. The molecule has 0 aliphatic carbocycles. The first-order valence-electron chi connectivity index (χ1n) is 7.40. The Labute approximate surface area is 148 Å². The lowest BCUT2D eigenvalue weighted by Gasteiger charge is -2.11. The molecule has 1 amide bonds. The summed E-state index contributed by atoms with van der Waals surface area (Å²) in [6, 6.07) is 9.94. The van der Waals surface area contributed by atoms with Crippen molar-refractivity contribution >= 4 is 15.9 Å². The molecule has 0 spiro atoms. The van der Waals surface area contributed by atoms with Crippen molar-refractivity contribution in [3.05, 3.63) is 72.1 Å². The number of nitrogens with one attached hydrogen (secondary N) is 1. The van der Waals surface area contributed by atoms with Crippen molar-refractivity contribution < 1.29 is 17.6 Å². The van der Waals surface area contributed by atoms with Crippen molar-refractivity contribution in [1.82, 2.24) is 20.1 Å². The third-order valence-electron chi connectivity index (χ3n) is 3.61. The molecule has 1 heterocycles. The van der Waals surface area contributed by atoms with Crippen molar-refractivity contribution in [2.24, 2.45) is 5.14 Å². The van der Waals surface area contributed by atoms with Gasteiger partial charge in [-0.2, -0.15) is 5.10 Å². The molecular weight excluding hydrogens is 361 g/mol. The molecule has 26 heavy (non-hydrogen) atoms. The van der Waals surface area contributed by atoms with Gasteiger partial charge in [0.2, 0.25) is 10.0 Å². The van der Waals surface area contributed by atoms with Crippen molar-refractivity contribution in [3.63, 3.8) is 0 Å². The maximum absolute atomic E-state index is 13.9. The number of rotatable bonds is 5. The highest BCUT2D eigenvalue weighted by molar-refractivity contribution is 7.89. The fraction of sp³-hybridized carbons (Fsp3) is 0.0625. The van der Waals surface area contributed by atoms with Gasteiger partial charge < -0.3 is 5.32 Å². The minimum atomic E-state index is -4.04. The first-order chi connectivity index (χ1) is 12.4. The van der Waals surface area contributed by atoms with Crippen molar-refractivity contribution in [1.29, 1.82) is 0 Å². The molecule has 0 aliphatic heterocycles. The Bertz CT molecular complexity index is 1050.